The summed E-state index contributed by atoms with van der Waals surface area (Å²) in [4.78, 5) is 12.2. The summed E-state index contributed by atoms with van der Waals surface area (Å²) >= 11 is 6.04. The molecule has 0 heterocycles. The van der Waals surface area contributed by atoms with Gasteiger partial charge in [0.25, 0.3) is 5.91 Å². The van der Waals surface area contributed by atoms with Crippen LogP contribution in [0.4, 0.5) is 5.69 Å². The summed E-state index contributed by atoms with van der Waals surface area (Å²) in [5.41, 5.74) is 1.08. The molecule has 1 amide bonds. The van der Waals surface area contributed by atoms with Crippen molar-refractivity contribution in [2.45, 2.75) is 0 Å². The molecular formula is C17H16ClNO3. The molecule has 0 fully saturated rings. The van der Waals surface area contributed by atoms with Crippen LogP contribution in [0.5, 0.6) is 11.5 Å². The Morgan fingerprint density at radius 3 is 2.82 bits per heavy atom. The molecular weight excluding hydrogens is 302 g/mol. The van der Waals surface area contributed by atoms with Crippen LogP contribution in [0.25, 0.3) is 0 Å². The number of hydrogen-bond acceptors (Lipinski definition) is 3. The fourth-order valence-electron chi connectivity index (χ4n) is 1.83. The van der Waals surface area contributed by atoms with Crippen molar-refractivity contribution in [1.82, 2.24) is 0 Å². The quantitative estimate of drug-likeness (QED) is 0.814. The van der Waals surface area contributed by atoms with Crippen molar-refractivity contribution in [1.29, 1.82) is 0 Å². The standard InChI is InChI=1S/C17H16ClNO3/c1-3-9-22-14-6-4-5-12(10-14)17(20)19-13-7-8-16(21-2)15(18)11-13/h3-8,10-11H,1,9H2,2H3,(H,19,20). The Bertz CT molecular complexity index is 685. The van der Waals surface area contributed by atoms with Crippen LogP contribution in [0.2, 0.25) is 5.02 Å². The molecule has 0 aliphatic heterocycles. The molecule has 4 nitrogen and oxygen atoms in total. The van der Waals surface area contributed by atoms with Crippen LogP contribution in [0.15, 0.2) is 55.1 Å². The summed E-state index contributed by atoms with van der Waals surface area (Å²) in [5, 5.41) is 3.21. The number of carbonyl (C=O) groups is 1. The first-order valence-corrected chi connectivity index (χ1v) is 7.00. The molecule has 0 aliphatic carbocycles. The van der Waals surface area contributed by atoms with Crippen molar-refractivity contribution < 1.29 is 14.3 Å². The Labute approximate surface area is 134 Å². The summed E-state index contributed by atoms with van der Waals surface area (Å²) in [6.45, 7) is 3.97. The van der Waals surface area contributed by atoms with Crippen LogP contribution in [0.3, 0.4) is 0 Å². The van der Waals surface area contributed by atoms with E-state index in [4.69, 9.17) is 21.1 Å². The predicted molar refractivity (Wildman–Crippen MR) is 88.1 cm³/mol. The molecule has 114 valence electrons. The Morgan fingerprint density at radius 2 is 2.14 bits per heavy atom. The van der Waals surface area contributed by atoms with E-state index in [2.05, 4.69) is 11.9 Å². The summed E-state index contributed by atoms with van der Waals surface area (Å²) in [6.07, 6.45) is 1.64. The maximum absolute atomic E-state index is 12.2. The van der Waals surface area contributed by atoms with E-state index in [1.165, 1.54) is 7.11 Å². The van der Waals surface area contributed by atoms with E-state index in [1.807, 2.05) is 0 Å². The fraction of sp³-hybridized carbons (Fsp3) is 0.118. The van der Waals surface area contributed by atoms with Gasteiger partial charge in [-0.3, -0.25) is 4.79 Å². The normalized spacial score (nSPS) is 9.91. The molecule has 1 N–H and O–H groups in total. The topological polar surface area (TPSA) is 47.6 Å². The van der Waals surface area contributed by atoms with Gasteiger partial charge >= 0.3 is 0 Å². The Morgan fingerprint density at radius 1 is 1.32 bits per heavy atom. The van der Waals surface area contributed by atoms with Crippen molar-refractivity contribution in [2.24, 2.45) is 0 Å². The second kappa shape index (κ2) is 7.52. The van der Waals surface area contributed by atoms with Crippen LogP contribution in [-0.4, -0.2) is 19.6 Å². The van der Waals surface area contributed by atoms with Crippen molar-refractivity contribution in [3.05, 3.63) is 65.7 Å². The Balaban J connectivity index is 2.11. The lowest BCUT2D eigenvalue weighted by atomic mass is 10.2. The fourth-order valence-corrected chi connectivity index (χ4v) is 2.09. The number of halogens is 1. The molecule has 0 spiro atoms. The van der Waals surface area contributed by atoms with Crippen LogP contribution < -0.4 is 14.8 Å². The van der Waals surface area contributed by atoms with E-state index < -0.39 is 0 Å². The molecule has 2 aromatic rings. The number of rotatable bonds is 6. The molecule has 22 heavy (non-hydrogen) atoms. The molecule has 0 aliphatic rings. The second-order valence-electron chi connectivity index (χ2n) is 4.43. The number of anilines is 1. The number of ether oxygens (including phenoxy) is 2. The van der Waals surface area contributed by atoms with E-state index in [0.29, 0.717) is 34.4 Å². The highest BCUT2D eigenvalue weighted by molar-refractivity contribution is 6.32. The molecule has 0 aromatic heterocycles. The number of methoxy groups -OCH3 is 1. The van der Waals surface area contributed by atoms with E-state index >= 15 is 0 Å². The van der Waals surface area contributed by atoms with E-state index in [-0.39, 0.29) is 5.91 Å². The van der Waals surface area contributed by atoms with Gasteiger partial charge in [-0.15, -0.1) is 0 Å². The van der Waals surface area contributed by atoms with Gasteiger partial charge in [-0.2, -0.15) is 0 Å². The average Bonchev–Trinajstić information content (AvgIpc) is 2.53. The van der Waals surface area contributed by atoms with Crippen LogP contribution in [0.1, 0.15) is 10.4 Å². The van der Waals surface area contributed by atoms with Gasteiger partial charge < -0.3 is 14.8 Å². The van der Waals surface area contributed by atoms with Crippen molar-refractivity contribution in [3.8, 4) is 11.5 Å². The SMILES string of the molecule is C=CCOc1cccc(C(=O)Nc2ccc(OC)c(Cl)c2)c1. The minimum atomic E-state index is -0.245. The van der Waals surface area contributed by atoms with Crippen LogP contribution in [-0.2, 0) is 0 Å². The first-order chi connectivity index (χ1) is 10.6. The molecule has 0 unspecified atom stereocenters. The van der Waals surface area contributed by atoms with Gasteiger partial charge in [-0.25, -0.2) is 0 Å². The van der Waals surface area contributed by atoms with Gasteiger partial charge in [0, 0.05) is 11.3 Å². The summed E-state index contributed by atoms with van der Waals surface area (Å²) < 4.78 is 10.5. The van der Waals surface area contributed by atoms with E-state index in [1.54, 1.807) is 48.5 Å². The number of amides is 1. The largest absolute Gasteiger partial charge is 0.495 e. The maximum atomic E-state index is 12.2. The monoisotopic (exact) mass is 317 g/mol. The van der Waals surface area contributed by atoms with Gasteiger partial charge in [-0.05, 0) is 36.4 Å². The zero-order chi connectivity index (χ0) is 15.9. The molecule has 0 saturated heterocycles. The number of hydrogen-bond donors (Lipinski definition) is 1. The Hall–Kier alpha value is -2.46. The zero-order valence-corrected chi connectivity index (χ0v) is 12.9. The molecule has 0 radical (unpaired) electrons. The van der Waals surface area contributed by atoms with Crippen LogP contribution >= 0.6 is 11.6 Å². The minimum absolute atomic E-state index is 0.245. The summed E-state index contributed by atoms with van der Waals surface area (Å²) in [6, 6.07) is 12.0. The zero-order valence-electron chi connectivity index (χ0n) is 12.1. The summed E-state index contributed by atoms with van der Waals surface area (Å²) in [7, 11) is 1.54. The molecule has 0 bridgehead atoms. The van der Waals surface area contributed by atoms with E-state index in [0.717, 1.165) is 0 Å². The van der Waals surface area contributed by atoms with Crippen molar-refractivity contribution >= 4 is 23.2 Å². The van der Waals surface area contributed by atoms with Gasteiger partial charge in [0.15, 0.2) is 0 Å². The molecule has 2 aromatic carbocycles. The molecule has 0 saturated carbocycles. The highest BCUT2D eigenvalue weighted by Crippen LogP contribution is 2.27. The maximum Gasteiger partial charge on any atom is 0.255 e. The smallest absolute Gasteiger partial charge is 0.255 e. The first kappa shape index (κ1) is 15.9. The third-order valence-electron chi connectivity index (χ3n) is 2.87. The molecule has 2 rings (SSSR count). The Kier molecular flexibility index (Phi) is 5.44. The molecule has 0 atom stereocenters. The lowest BCUT2D eigenvalue weighted by Crippen LogP contribution is -2.12. The van der Waals surface area contributed by atoms with Crippen LogP contribution in [0, 0.1) is 0 Å². The first-order valence-electron chi connectivity index (χ1n) is 6.62. The van der Waals surface area contributed by atoms with E-state index in [9.17, 15) is 4.79 Å². The van der Waals surface area contributed by atoms with Gasteiger partial charge in [0.2, 0.25) is 0 Å². The van der Waals surface area contributed by atoms with Gasteiger partial charge in [-0.1, -0.05) is 30.3 Å². The van der Waals surface area contributed by atoms with Gasteiger partial charge in [0.1, 0.15) is 18.1 Å². The number of benzene rings is 2. The second-order valence-corrected chi connectivity index (χ2v) is 4.84. The minimum Gasteiger partial charge on any atom is -0.495 e. The molecule has 5 heteroatoms. The predicted octanol–water partition coefficient (Wildman–Crippen LogP) is 4.17. The lowest BCUT2D eigenvalue weighted by molar-refractivity contribution is 0.102. The highest BCUT2D eigenvalue weighted by atomic mass is 35.5. The summed E-state index contributed by atoms with van der Waals surface area (Å²) in [5.74, 6) is 0.921. The third-order valence-corrected chi connectivity index (χ3v) is 3.17. The number of nitrogens with one attached hydrogen (secondary N) is 1. The number of carbonyl (C=O) groups excluding carboxylic acids is 1. The third kappa shape index (κ3) is 4.02. The highest BCUT2D eigenvalue weighted by Gasteiger charge is 2.09. The van der Waals surface area contributed by atoms with Gasteiger partial charge in [0.05, 0.1) is 12.1 Å². The lowest BCUT2D eigenvalue weighted by Gasteiger charge is -2.09. The van der Waals surface area contributed by atoms with Crippen molar-refractivity contribution in [2.75, 3.05) is 19.0 Å². The van der Waals surface area contributed by atoms with Crippen molar-refractivity contribution in [3.63, 3.8) is 0 Å². The average molecular weight is 318 g/mol.